The fourth-order valence-corrected chi connectivity index (χ4v) is 4.14. The van der Waals surface area contributed by atoms with Gasteiger partial charge in [0, 0.05) is 17.6 Å². The van der Waals surface area contributed by atoms with E-state index in [1.165, 1.54) is 12.8 Å². The first-order chi connectivity index (χ1) is 12.2. The van der Waals surface area contributed by atoms with E-state index in [4.69, 9.17) is 9.15 Å². The third kappa shape index (κ3) is 3.04. The standard InChI is InChI=1S/C20H24N2O3/c1-13-19(15-9-11-22(13)12-10-15)21-20(23)18-8-7-17(25-18)14-3-5-16(24-2)6-4-14/h3-8,13,15,19H,9-12H2,1-2H3,(H,21,23)/t13-,19+/m1/s1. The summed E-state index contributed by atoms with van der Waals surface area (Å²) in [4.78, 5) is 15.1. The Balaban J connectivity index is 1.47. The summed E-state index contributed by atoms with van der Waals surface area (Å²) >= 11 is 0. The molecule has 0 saturated carbocycles. The van der Waals surface area contributed by atoms with Crippen molar-refractivity contribution in [2.45, 2.75) is 31.8 Å². The second-order valence-corrected chi connectivity index (χ2v) is 7.01. The van der Waals surface area contributed by atoms with Gasteiger partial charge in [-0.25, -0.2) is 0 Å². The summed E-state index contributed by atoms with van der Waals surface area (Å²) in [6, 6.07) is 11.8. The van der Waals surface area contributed by atoms with Gasteiger partial charge >= 0.3 is 0 Å². The molecule has 25 heavy (non-hydrogen) atoms. The highest BCUT2D eigenvalue weighted by Crippen LogP contribution is 2.32. The first-order valence-corrected chi connectivity index (χ1v) is 8.95. The molecule has 3 saturated heterocycles. The zero-order valence-corrected chi connectivity index (χ0v) is 14.7. The number of piperidine rings is 3. The lowest BCUT2D eigenvalue weighted by Gasteiger charge is -2.49. The zero-order valence-electron chi connectivity index (χ0n) is 14.7. The van der Waals surface area contributed by atoms with Crippen molar-refractivity contribution in [3.8, 4) is 17.1 Å². The number of benzene rings is 1. The van der Waals surface area contributed by atoms with E-state index in [2.05, 4.69) is 17.1 Å². The number of carbonyl (C=O) groups excluding carboxylic acids is 1. The highest BCUT2D eigenvalue weighted by Gasteiger charge is 2.40. The summed E-state index contributed by atoms with van der Waals surface area (Å²) in [5.41, 5.74) is 0.927. The van der Waals surface area contributed by atoms with Crippen LogP contribution in [0.25, 0.3) is 11.3 Å². The molecular weight excluding hydrogens is 316 g/mol. The van der Waals surface area contributed by atoms with Crippen LogP contribution in [0.1, 0.15) is 30.3 Å². The zero-order chi connectivity index (χ0) is 17.4. The van der Waals surface area contributed by atoms with Gasteiger partial charge in [0.1, 0.15) is 11.5 Å². The molecule has 2 bridgehead atoms. The van der Waals surface area contributed by atoms with Gasteiger partial charge in [0.15, 0.2) is 5.76 Å². The number of nitrogens with zero attached hydrogens (tertiary/aromatic N) is 1. The largest absolute Gasteiger partial charge is 0.497 e. The Bertz CT molecular complexity index is 743. The molecule has 3 fully saturated rings. The van der Waals surface area contributed by atoms with Crippen LogP contribution in [-0.2, 0) is 0 Å². The number of carbonyl (C=O) groups is 1. The minimum Gasteiger partial charge on any atom is -0.497 e. The van der Waals surface area contributed by atoms with E-state index in [0.717, 1.165) is 24.4 Å². The quantitative estimate of drug-likeness (QED) is 0.929. The maximum atomic E-state index is 12.6. The van der Waals surface area contributed by atoms with Crippen LogP contribution in [0.5, 0.6) is 5.75 Å². The summed E-state index contributed by atoms with van der Waals surface area (Å²) in [6.07, 6.45) is 2.34. The Kier molecular flexibility index (Phi) is 4.25. The Morgan fingerprint density at radius 3 is 2.52 bits per heavy atom. The van der Waals surface area contributed by atoms with Crippen molar-refractivity contribution in [2.75, 3.05) is 20.2 Å². The van der Waals surface area contributed by atoms with Gasteiger partial charge < -0.3 is 14.5 Å². The normalized spacial score (nSPS) is 27.9. The molecule has 1 amide bonds. The Morgan fingerprint density at radius 2 is 1.88 bits per heavy atom. The first-order valence-electron chi connectivity index (χ1n) is 8.95. The lowest BCUT2D eigenvalue weighted by atomic mass is 9.79. The monoisotopic (exact) mass is 340 g/mol. The molecule has 0 radical (unpaired) electrons. The van der Waals surface area contributed by atoms with Crippen LogP contribution in [0.3, 0.4) is 0 Å². The van der Waals surface area contributed by atoms with Gasteiger partial charge in [-0.2, -0.15) is 0 Å². The predicted molar refractivity (Wildman–Crippen MR) is 95.7 cm³/mol. The van der Waals surface area contributed by atoms with Crippen molar-refractivity contribution in [3.05, 3.63) is 42.2 Å². The number of ether oxygens (including phenoxy) is 1. The maximum Gasteiger partial charge on any atom is 0.287 e. The summed E-state index contributed by atoms with van der Waals surface area (Å²) < 4.78 is 11.0. The average molecular weight is 340 g/mol. The van der Waals surface area contributed by atoms with Gasteiger partial charge in [-0.15, -0.1) is 0 Å². The highest BCUT2D eigenvalue weighted by molar-refractivity contribution is 5.92. The third-order valence-corrected chi connectivity index (χ3v) is 5.68. The van der Waals surface area contributed by atoms with Crippen molar-refractivity contribution in [2.24, 2.45) is 5.92 Å². The number of rotatable bonds is 4. The molecule has 4 heterocycles. The van der Waals surface area contributed by atoms with Gasteiger partial charge in [0.05, 0.1) is 7.11 Å². The summed E-state index contributed by atoms with van der Waals surface area (Å²) in [5, 5.41) is 3.21. The molecule has 1 N–H and O–H groups in total. The molecule has 2 atom stereocenters. The number of furan rings is 1. The Labute approximate surface area is 148 Å². The fraction of sp³-hybridized carbons (Fsp3) is 0.450. The number of nitrogens with one attached hydrogen (secondary N) is 1. The van der Waals surface area contributed by atoms with Crippen molar-refractivity contribution in [1.82, 2.24) is 10.2 Å². The van der Waals surface area contributed by atoms with Crippen molar-refractivity contribution in [1.29, 1.82) is 0 Å². The molecule has 5 rings (SSSR count). The van der Waals surface area contributed by atoms with Crippen LogP contribution in [0, 0.1) is 5.92 Å². The van der Waals surface area contributed by atoms with E-state index in [-0.39, 0.29) is 11.9 Å². The number of amides is 1. The maximum absolute atomic E-state index is 12.6. The molecule has 5 heteroatoms. The predicted octanol–water partition coefficient (Wildman–Crippen LogP) is 3.17. The fourth-order valence-electron chi connectivity index (χ4n) is 4.14. The van der Waals surface area contributed by atoms with E-state index in [0.29, 0.717) is 23.5 Å². The van der Waals surface area contributed by atoms with Gasteiger partial charge in [-0.05, 0) is 75.2 Å². The summed E-state index contributed by atoms with van der Waals surface area (Å²) in [7, 11) is 1.64. The second-order valence-electron chi connectivity index (χ2n) is 7.01. The van der Waals surface area contributed by atoms with Crippen LogP contribution >= 0.6 is 0 Å². The minimum atomic E-state index is -0.120. The van der Waals surface area contributed by atoms with E-state index >= 15 is 0 Å². The molecule has 0 aliphatic carbocycles. The van der Waals surface area contributed by atoms with Crippen molar-refractivity contribution >= 4 is 5.91 Å². The molecule has 132 valence electrons. The van der Waals surface area contributed by atoms with Crippen LogP contribution in [0.2, 0.25) is 0 Å². The molecule has 3 aliphatic rings. The van der Waals surface area contributed by atoms with Gasteiger partial charge in [0.25, 0.3) is 5.91 Å². The van der Waals surface area contributed by atoms with Crippen LogP contribution < -0.4 is 10.1 Å². The highest BCUT2D eigenvalue weighted by atomic mass is 16.5. The molecular formula is C20H24N2O3. The molecule has 5 nitrogen and oxygen atoms in total. The van der Waals surface area contributed by atoms with Crippen LogP contribution in [0.4, 0.5) is 0 Å². The van der Waals surface area contributed by atoms with Crippen molar-refractivity contribution < 1.29 is 13.9 Å². The Hall–Kier alpha value is -2.27. The topological polar surface area (TPSA) is 54.7 Å². The SMILES string of the molecule is COc1ccc(-c2ccc(C(=O)N[C@@H]3C4CCN(CC4)[C@@H]3C)o2)cc1. The van der Waals surface area contributed by atoms with E-state index < -0.39 is 0 Å². The molecule has 0 spiro atoms. The number of fused-ring (bicyclic) bond motifs is 3. The van der Waals surface area contributed by atoms with E-state index in [1.807, 2.05) is 30.3 Å². The third-order valence-electron chi connectivity index (χ3n) is 5.68. The molecule has 0 unspecified atom stereocenters. The van der Waals surface area contributed by atoms with Crippen molar-refractivity contribution in [3.63, 3.8) is 0 Å². The lowest BCUT2D eigenvalue weighted by molar-refractivity contribution is 0.0211. The smallest absolute Gasteiger partial charge is 0.287 e. The first kappa shape index (κ1) is 16.2. The molecule has 2 aromatic rings. The van der Waals surface area contributed by atoms with Crippen LogP contribution in [0.15, 0.2) is 40.8 Å². The number of hydrogen-bond donors (Lipinski definition) is 1. The Morgan fingerprint density at radius 1 is 1.16 bits per heavy atom. The lowest BCUT2D eigenvalue weighted by Crippen LogP contribution is -2.62. The van der Waals surface area contributed by atoms with Gasteiger partial charge in [-0.1, -0.05) is 0 Å². The minimum absolute atomic E-state index is 0.120. The number of hydrogen-bond acceptors (Lipinski definition) is 4. The molecule has 3 aliphatic heterocycles. The molecule has 1 aromatic carbocycles. The molecule has 1 aromatic heterocycles. The average Bonchev–Trinajstić information content (AvgIpc) is 3.15. The summed E-state index contributed by atoms with van der Waals surface area (Å²) in [5.74, 6) is 2.32. The van der Waals surface area contributed by atoms with Gasteiger partial charge in [0.2, 0.25) is 0 Å². The van der Waals surface area contributed by atoms with E-state index in [1.54, 1.807) is 13.2 Å². The van der Waals surface area contributed by atoms with E-state index in [9.17, 15) is 4.79 Å². The number of methoxy groups -OCH3 is 1. The second kappa shape index (κ2) is 6.56. The van der Waals surface area contributed by atoms with Crippen LogP contribution in [-0.4, -0.2) is 43.1 Å². The summed E-state index contributed by atoms with van der Waals surface area (Å²) in [6.45, 7) is 4.52. The van der Waals surface area contributed by atoms with Gasteiger partial charge in [-0.3, -0.25) is 9.69 Å².